The number of unbranched alkanes of at least 4 members (excludes halogenated alkanes) is 1. The molecule has 2 nitrogen and oxygen atoms in total. The number of nitrogens with two attached hydrogens (primary N) is 1. The number of halogens is 1. The molecule has 0 saturated heterocycles. The van der Waals surface area contributed by atoms with Gasteiger partial charge in [0, 0.05) is 23.8 Å². The molecule has 0 amide bonds. The Morgan fingerprint density at radius 3 is 2.67 bits per heavy atom. The van der Waals surface area contributed by atoms with E-state index in [1.165, 1.54) is 15.7 Å². The minimum absolute atomic E-state index is 0.785. The molecule has 0 aliphatic heterocycles. The highest BCUT2D eigenvalue weighted by molar-refractivity contribution is 9.10. The lowest BCUT2D eigenvalue weighted by Gasteiger charge is -2.19. The third kappa shape index (κ3) is 3.84. The third-order valence-electron chi connectivity index (χ3n) is 2.53. The highest BCUT2D eigenvalue weighted by Gasteiger charge is 2.02. The van der Waals surface area contributed by atoms with Crippen LogP contribution in [0.15, 0.2) is 22.7 Å². The van der Waals surface area contributed by atoms with E-state index in [2.05, 4.69) is 53.0 Å². The molecule has 0 atom stereocenters. The van der Waals surface area contributed by atoms with Crippen molar-refractivity contribution >= 4 is 21.6 Å². The lowest BCUT2D eigenvalue weighted by molar-refractivity contribution is 0.728. The van der Waals surface area contributed by atoms with E-state index in [0.29, 0.717) is 0 Å². The minimum Gasteiger partial charge on any atom is -0.375 e. The zero-order chi connectivity index (χ0) is 11.3. The predicted octanol–water partition coefficient (Wildman–Crippen LogP) is 2.93. The maximum Gasteiger partial charge on any atom is 0.0367 e. The van der Waals surface area contributed by atoms with E-state index in [4.69, 9.17) is 5.73 Å². The van der Waals surface area contributed by atoms with Crippen LogP contribution >= 0.6 is 15.9 Å². The summed E-state index contributed by atoms with van der Waals surface area (Å²) in [6.45, 7) is 3.97. The lowest BCUT2D eigenvalue weighted by Crippen LogP contribution is -2.19. The molecule has 2 N–H and O–H groups in total. The quantitative estimate of drug-likeness (QED) is 0.834. The Kier molecular flexibility index (Phi) is 5.12. The number of hydrogen-bond acceptors (Lipinski definition) is 2. The van der Waals surface area contributed by atoms with Crippen LogP contribution < -0.4 is 10.6 Å². The van der Waals surface area contributed by atoms with E-state index in [9.17, 15) is 0 Å². The Labute approximate surface area is 101 Å². The SMILES string of the molecule is Cc1cc(N(C)CCCCN)ccc1Br. The molecule has 0 saturated carbocycles. The number of hydrogen-bond donors (Lipinski definition) is 1. The largest absolute Gasteiger partial charge is 0.375 e. The van der Waals surface area contributed by atoms with Crippen molar-refractivity contribution in [3.8, 4) is 0 Å². The smallest absolute Gasteiger partial charge is 0.0367 e. The number of rotatable bonds is 5. The van der Waals surface area contributed by atoms with Crippen molar-refractivity contribution in [3.05, 3.63) is 28.2 Å². The number of aryl methyl sites for hydroxylation is 1. The van der Waals surface area contributed by atoms with Gasteiger partial charge >= 0.3 is 0 Å². The topological polar surface area (TPSA) is 29.3 Å². The normalized spacial score (nSPS) is 10.4. The van der Waals surface area contributed by atoms with Crippen LogP contribution in [0, 0.1) is 6.92 Å². The second-order valence-electron chi connectivity index (χ2n) is 3.85. The first-order chi connectivity index (χ1) is 7.15. The first-order valence-corrected chi connectivity index (χ1v) is 6.12. The van der Waals surface area contributed by atoms with Crippen LogP contribution in [0.4, 0.5) is 5.69 Å². The van der Waals surface area contributed by atoms with E-state index in [-0.39, 0.29) is 0 Å². The van der Waals surface area contributed by atoms with Crippen LogP contribution in [-0.2, 0) is 0 Å². The van der Waals surface area contributed by atoms with Crippen molar-refractivity contribution in [1.82, 2.24) is 0 Å². The molecule has 0 spiro atoms. The van der Waals surface area contributed by atoms with Crippen LogP contribution in [0.25, 0.3) is 0 Å². The number of anilines is 1. The summed E-state index contributed by atoms with van der Waals surface area (Å²) in [4.78, 5) is 2.27. The molecule has 1 aromatic rings. The predicted molar refractivity (Wildman–Crippen MR) is 70.4 cm³/mol. The summed E-state index contributed by atoms with van der Waals surface area (Å²) in [5.41, 5.74) is 8.02. The molecular weight excluding hydrogens is 252 g/mol. The van der Waals surface area contributed by atoms with Gasteiger partial charge in [-0.3, -0.25) is 0 Å². The monoisotopic (exact) mass is 270 g/mol. The Morgan fingerprint density at radius 1 is 1.33 bits per heavy atom. The molecule has 1 aromatic carbocycles. The molecule has 0 fully saturated rings. The molecule has 1 rings (SSSR count). The van der Waals surface area contributed by atoms with E-state index in [1.807, 2.05) is 0 Å². The maximum atomic E-state index is 5.47. The number of benzene rings is 1. The second kappa shape index (κ2) is 6.13. The fraction of sp³-hybridized carbons (Fsp3) is 0.500. The molecule has 0 radical (unpaired) electrons. The van der Waals surface area contributed by atoms with Crippen LogP contribution in [0.3, 0.4) is 0 Å². The van der Waals surface area contributed by atoms with Gasteiger partial charge in [-0.05, 0) is 50.1 Å². The average molecular weight is 271 g/mol. The summed E-state index contributed by atoms with van der Waals surface area (Å²) in [5, 5.41) is 0. The Morgan fingerprint density at radius 2 is 2.07 bits per heavy atom. The summed E-state index contributed by atoms with van der Waals surface area (Å²) in [6, 6.07) is 6.44. The van der Waals surface area contributed by atoms with Gasteiger partial charge in [-0.15, -0.1) is 0 Å². The number of nitrogens with zero attached hydrogens (tertiary/aromatic N) is 1. The molecule has 0 aliphatic carbocycles. The fourth-order valence-electron chi connectivity index (χ4n) is 1.49. The standard InChI is InChI=1S/C12H19BrN2/c1-10-9-11(5-6-12(10)13)15(2)8-4-3-7-14/h5-6,9H,3-4,7-8,14H2,1-2H3. The van der Waals surface area contributed by atoms with Gasteiger partial charge in [0.25, 0.3) is 0 Å². The first-order valence-electron chi connectivity index (χ1n) is 5.32. The summed E-state index contributed by atoms with van der Waals surface area (Å²) in [7, 11) is 2.12. The van der Waals surface area contributed by atoms with E-state index in [0.717, 1.165) is 25.9 Å². The molecule has 84 valence electrons. The van der Waals surface area contributed by atoms with E-state index >= 15 is 0 Å². The molecule has 15 heavy (non-hydrogen) atoms. The van der Waals surface area contributed by atoms with Crippen LogP contribution in [0.5, 0.6) is 0 Å². The van der Waals surface area contributed by atoms with Crippen molar-refractivity contribution in [3.63, 3.8) is 0 Å². The van der Waals surface area contributed by atoms with Gasteiger partial charge in [0.05, 0.1) is 0 Å². The third-order valence-corrected chi connectivity index (χ3v) is 3.42. The van der Waals surface area contributed by atoms with Crippen molar-refractivity contribution in [1.29, 1.82) is 0 Å². The highest BCUT2D eigenvalue weighted by Crippen LogP contribution is 2.22. The van der Waals surface area contributed by atoms with Gasteiger partial charge in [0.15, 0.2) is 0 Å². The van der Waals surface area contributed by atoms with Crippen molar-refractivity contribution < 1.29 is 0 Å². The summed E-state index contributed by atoms with van der Waals surface area (Å²) < 4.78 is 1.17. The molecule has 0 aliphatic rings. The summed E-state index contributed by atoms with van der Waals surface area (Å²) in [5.74, 6) is 0. The molecule has 0 heterocycles. The maximum absolute atomic E-state index is 5.47. The molecule has 3 heteroatoms. The van der Waals surface area contributed by atoms with Gasteiger partial charge in [0.1, 0.15) is 0 Å². The second-order valence-corrected chi connectivity index (χ2v) is 4.71. The van der Waals surface area contributed by atoms with Gasteiger partial charge in [-0.2, -0.15) is 0 Å². The Balaban J connectivity index is 2.57. The van der Waals surface area contributed by atoms with Crippen LogP contribution in [0.1, 0.15) is 18.4 Å². The van der Waals surface area contributed by atoms with Crippen molar-refractivity contribution in [2.75, 3.05) is 25.0 Å². The van der Waals surface area contributed by atoms with Crippen LogP contribution in [-0.4, -0.2) is 20.1 Å². The Bertz CT molecular complexity index is 312. The average Bonchev–Trinajstić information content (AvgIpc) is 2.22. The molecule has 0 bridgehead atoms. The first kappa shape index (κ1) is 12.5. The van der Waals surface area contributed by atoms with Crippen molar-refractivity contribution in [2.45, 2.75) is 19.8 Å². The van der Waals surface area contributed by atoms with Crippen molar-refractivity contribution in [2.24, 2.45) is 5.73 Å². The van der Waals surface area contributed by atoms with Gasteiger partial charge in [-0.1, -0.05) is 15.9 Å². The van der Waals surface area contributed by atoms with Crippen LogP contribution in [0.2, 0.25) is 0 Å². The van der Waals surface area contributed by atoms with E-state index < -0.39 is 0 Å². The molecule has 0 unspecified atom stereocenters. The highest BCUT2D eigenvalue weighted by atomic mass is 79.9. The molecule has 0 aromatic heterocycles. The summed E-state index contributed by atoms with van der Waals surface area (Å²) in [6.07, 6.45) is 2.25. The van der Waals surface area contributed by atoms with Gasteiger partial charge in [0.2, 0.25) is 0 Å². The zero-order valence-corrected chi connectivity index (χ0v) is 11.0. The van der Waals surface area contributed by atoms with Gasteiger partial charge in [-0.25, -0.2) is 0 Å². The van der Waals surface area contributed by atoms with Gasteiger partial charge < -0.3 is 10.6 Å². The minimum atomic E-state index is 0.785. The molecular formula is C12H19BrN2. The summed E-state index contributed by atoms with van der Waals surface area (Å²) >= 11 is 3.51. The van der Waals surface area contributed by atoms with E-state index in [1.54, 1.807) is 0 Å². The fourth-order valence-corrected chi connectivity index (χ4v) is 1.74. The lowest BCUT2D eigenvalue weighted by atomic mass is 10.2. The zero-order valence-electron chi connectivity index (χ0n) is 9.46. The Hall–Kier alpha value is -0.540.